The highest BCUT2D eigenvalue weighted by Gasteiger charge is 2.35. The number of anilines is 2. The van der Waals surface area contributed by atoms with Crippen LogP contribution in [0.25, 0.3) is 0 Å². The number of aliphatic hydroxyl groups excluding tert-OH is 1. The summed E-state index contributed by atoms with van der Waals surface area (Å²) in [6.07, 6.45) is -0.0609. The highest BCUT2D eigenvalue weighted by molar-refractivity contribution is 5.96. The first-order chi connectivity index (χ1) is 19.3. The third kappa shape index (κ3) is 5.22. The summed E-state index contributed by atoms with van der Waals surface area (Å²) < 4.78 is 5.38. The van der Waals surface area contributed by atoms with Crippen molar-refractivity contribution in [2.45, 2.75) is 44.6 Å². The minimum absolute atomic E-state index is 0.0868. The number of nitro benzene ring substituents is 1. The number of ether oxygens (including phenoxy) is 1. The minimum Gasteiger partial charge on any atom is -0.444 e. The first-order valence-corrected chi connectivity index (χ1v) is 13.3. The number of nitrogens with zero attached hydrogens (tertiary/aromatic N) is 4. The van der Waals surface area contributed by atoms with Crippen molar-refractivity contribution in [3.63, 3.8) is 0 Å². The first-order valence-electron chi connectivity index (χ1n) is 13.3. The number of nitro groups is 1. The average Bonchev–Trinajstić information content (AvgIpc) is 2.99. The molecule has 10 nitrogen and oxygen atoms in total. The maximum atomic E-state index is 13.3. The van der Waals surface area contributed by atoms with Gasteiger partial charge in [0.15, 0.2) is 0 Å². The predicted octanol–water partition coefficient (Wildman–Crippen LogP) is 4.91. The molecule has 1 N–H and O–H groups in total. The number of para-hydroxylation sites is 1. The van der Waals surface area contributed by atoms with Gasteiger partial charge in [-0.15, -0.1) is 0 Å². The summed E-state index contributed by atoms with van der Waals surface area (Å²) >= 11 is 0. The van der Waals surface area contributed by atoms with Gasteiger partial charge in [-0.25, -0.2) is 4.79 Å². The van der Waals surface area contributed by atoms with E-state index < -0.39 is 23.0 Å². The molecule has 0 aliphatic carbocycles. The Kier molecular flexibility index (Phi) is 7.70. The van der Waals surface area contributed by atoms with Crippen LogP contribution < -0.4 is 9.80 Å². The summed E-state index contributed by atoms with van der Waals surface area (Å²) in [6.45, 7) is 3.00. The zero-order valence-electron chi connectivity index (χ0n) is 22.5. The Hall–Kier alpha value is -4.44. The Labute approximate surface area is 232 Å². The van der Waals surface area contributed by atoms with Gasteiger partial charge in [-0.1, -0.05) is 48.5 Å². The molecule has 2 heterocycles. The topological polar surface area (TPSA) is 116 Å². The molecule has 0 radical (unpaired) electrons. The van der Waals surface area contributed by atoms with Crippen LogP contribution in [0.4, 0.5) is 21.9 Å². The Morgan fingerprint density at radius 1 is 1.05 bits per heavy atom. The number of fused-ring (bicyclic) bond motifs is 1. The monoisotopic (exact) mass is 544 g/mol. The van der Waals surface area contributed by atoms with Crippen LogP contribution in [0.3, 0.4) is 0 Å². The average molecular weight is 545 g/mol. The second kappa shape index (κ2) is 11.4. The molecule has 3 aromatic rings. The SMILES string of the molecule is C[C@@H]([C@@H](O)c1ccccc1)N(C)C(=O)c1ccc(N2CCC(N3C(=O)OCc4ccccc43)CC2)c([N+](=O)[O-])c1. The van der Waals surface area contributed by atoms with Crippen molar-refractivity contribution < 1.29 is 24.4 Å². The maximum Gasteiger partial charge on any atom is 0.414 e. The van der Waals surface area contributed by atoms with Crippen LogP contribution >= 0.6 is 0 Å². The fourth-order valence-corrected chi connectivity index (χ4v) is 5.49. The smallest absolute Gasteiger partial charge is 0.414 e. The predicted molar refractivity (Wildman–Crippen MR) is 150 cm³/mol. The highest BCUT2D eigenvalue weighted by atomic mass is 16.6. The molecule has 0 bridgehead atoms. The van der Waals surface area contributed by atoms with E-state index >= 15 is 0 Å². The van der Waals surface area contributed by atoms with E-state index in [0.29, 0.717) is 37.2 Å². The lowest BCUT2D eigenvalue weighted by atomic mass is 9.99. The van der Waals surface area contributed by atoms with E-state index in [2.05, 4.69) is 0 Å². The number of rotatable bonds is 7. The standard InChI is InChI=1S/C30H32N4O6/c1-20(28(35)21-8-4-3-5-9-21)31(2)29(36)22-12-13-26(27(18-22)34(38)39)32-16-14-24(15-17-32)33-25-11-7-6-10-23(25)19-40-30(33)37/h3-13,18,20,24,28,35H,14-17,19H2,1-2H3/t20-,28+/m0/s1. The van der Waals surface area contributed by atoms with Crippen molar-refractivity contribution in [2.75, 3.05) is 29.9 Å². The van der Waals surface area contributed by atoms with E-state index in [9.17, 15) is 24.8 Å². The number of cyclic esters (lactones) is 1. The summed E-state index contributed by atoms with van der Waals surface area (Å²) in [5.41, 5.74) is 2.93. The zero-order chi connectivity index (χ0) is 28.4. The van der Waals surface area contributed by atoms with E-state index in [0.717, 1.165) is 11.3 Å². The summed E-state index contributed by atoms with van der Waals surface area (Å²) in [5.74, 6) is -0.418. The second-order valence-corrected chi connectivity index (χ2v) is 10.2. The molecule has 0 saturated carbocycles. The van der Waals surface area contributed by atoms with Gasteiger partial charge in [0.05, 0.1) is 22.8 Å². The van der Waals surface area contributed by atoms with Crippen molar-refractivity contribution in [1.82, 2.24) is 4.90 Å². The van der Waals surface area contributed by atoms with Crippen LogP contribution in [0.15, 0.2) is 72.8 Å². The fourth-order valence-electron chi connectivity index (χ4n) is 5.49. The van der Waals surface area contributed by atoms with Crippen LogP contribution in [-0.2, 0) is 11.3 Å². The number of hydrogen-bond donors (Lipinski definition) is 1. The van der Waals surface area contributed by atoms with Crippen LogP contribution in [0.2, 0.25) is 0 Å². The van der Waals surface area contributed by atoms with Gasteiger partial charge in [0.1, 0.15) is 12.3 Å². The molecule has 1 saturated heterocycles. The molecule has 208 valence electrons. The lowest BCUT2D eigenvalue weighted by molar-refractivity contribution is -0.384. The van der Waals surface area contributed by atoms with Gasteiger partial charge in [0.25, 0.3) is 11.6 Å². The Morgan fingerprint density at radius 3 is 2.42 bits per heavy atom. The van der Waals surface area contributed by atoms with Gasteiger partial charge >= 0.3 is 6.09 Å². The number of hydrogen-bond acceptors (Lipinski definition) is 7. The molecule has 3 aromatic carbocycles. The summed E-state index contributed by atoms with van der Waals surface area (Å²) in [5, 5.41) is 22.8. The van der Waals surface area contributed by atoms with Gasteiger partial charge < -0.3 is 19.6 Å². The third-order valence-electron chi connectivity index (χ3n) is 7.92. The van der Waals surface area contributed by atoms with Crippen molar-refractivity contribution in [2.24, 2.45) is 0 Å². The number of amides is 2. The quantitative estimate of drug-likeness (QED) is 0.332. The third-order valence-corrected chi connectivity index (χ3v) is 7.92. The van der Waals surface area contributed by atoms with Gasteiger partial charge in [-0.3, -0.25) is 19.8 Å². The number of likely N-dealkylation sites (N-methyl/N-ethyl adjacent to an activating group) is 1. The molecule has 2 amide bonds. The largest absolute Gasteiger partial charge is 0.444 e. The number of benzene rings is 3. The second-order valence-electron chi connectivity index (χ2n) is 10.2. The highest BCUT2D eigenvalue weighted by Crippen LogP contribution is 2.36. The number of carbonyl (C=O) groups excluding carboxylic acids is 2. The molecule has 0 aromatic heterocycles. The van der Waals surface area contributed by atoms with E-state index in [4.69, 9.17) is 4.74 Å². The Balaban J connectivity index is 1.30. The molecule has 2 aliphatic rings. The molecule has 2 aliphatic heterocycles. The van der Waals surface area contributed by atoms with Crippen molar-refractivity contribution in [3.8, 4) is 0 Å². The van der Waals surface area contributed by atoms with Crippen LogP contribution in [0, 0.1) is 10.1 Å². The molecule has 1 fully saturated rings. The molecule has 40 heavy (non-hydrogen) atoms. The lowest BCUT2D eigenvalue weighted by Gasteiger charge is -2.40. The molecule has 0 unspecified atom stereocenters. The van der Waals surface area contributed by atoms with E-state index in [1.165, 1.54) is 11.0 Å². The van der Waals surface area contributed by atoms with Gasteiger partial charge in [0.2, 0.25) is 0 Å². The number of carbonyl (C=O) groups is 2. The minimum atomic E-state index is -0.908. The number of piperidine rings is 1. The summed E-state index contributed by atoms with van der Waals surface area (Å²) in [4.78, 5) is 42.5. The van der Waals surface area contributed by atoms with Crippen molar-refractivity contribution in [1.29, 1.82) is 0 Å². The molecular formula is C30H32N4O6. The molecule has 5 rings (SSSR count). The van der Waals surface area contributed by atoms with Gasteiger partial charge in [-0.2, -0.15) is 0 Å². The lowest BCUT2D eigenvalue weighted by Crippen LogP contribution is -2.49. The maximum absolute atomic E-state index is 13.3. The fraction of sp³-hybridized carbons (Fsp3) is 0.333. The Bertz CT molecular complexity index is 1410. The summed E-state index contributed by atoms with van der Waals surface area (Å²) in [6, 6.07) is 20.6. The van der Waals surface area contributed by atoms with Crippen LogP contribution in [0.5, 0.6) is 0 Å². The van der Waals surface area contributed by atoms with Crippen molar-refractivity contribution >= 4 is 29.1 Å². The van der Waals surface area contributed by atoms with Crippen LogP contribution in [0.1, 0.15) is 47.4 Å². The van der Waals surface area contributed by atoms with Gasteiger partial charge in [-0.05, 0) is 43.5 Å². The van der Waals surface area contributed by atoms with Gasteiger partial charge in [0, 0.05) is 43.4 Å². The molecular weight excluding hydrogens is 512 g/mol. The molecule has 0 spiro atoms. The van der Waals surface area contributed by atoms with Crippen LogP contribution in [-0.4, -0.2) is 59.2 Å². The van der Waals surface area contributed by atoms with E-state index in [-0.39, 0.29) is 30.0 Å². The van der Waals surface area contributed by atoms with E-state index in [1.54, 1.807) is 43.1 Å². The van der Waals surface area contributed by atoms with Crippen molar-refractivity contribution in [3.05, 3.63) is 99.6 Å². The molecule has 10 heteroatoms. The zero-order valence-corrected chi connectivity index (χ0v) is 22.5. The number of aliphatic hydroxyl groups is 1. The normalized spacial score (nSPS) is 17.0. The Morgan fingerprint density at radius 2 is 1.73 bits per heavy atom. The first kappa shape index (κ1) is 27.1. The molecule has 2 atom stereocenters. The summed E-state index contributed by atoms with van der Waals surface area (Å²) in [7, 11) is 1.58. The van der Waals surface area contributed by atoms with E-state index in [1.807, 2.05) is 47.4 Å².